The third-order valence-electron chi connectivity index (χ3n) is 4.84. The van der Waals surface area contributed by atoms with E-state index in [1.54, 1.807) is 12.3 Å². The molecule has 0 bridgehead atoms. The van der Waals surface area contributed by atoms with Gasteiger partial charge in [-0.25, -0.2) is 4.98 Å². The number of carbonyl (C=O) groups is 1. The van der Waals surface area contributed by atoms with Crippen LogP contribution in [-0.2, 0) is 11.2 Å². The average Bonchev–Trinajstić information content (AvgIpc) is 3.35. The molecule has 1 aromatic carbocycles. The number of carbonyl (C=O) groups excluding carboxylic acids is 1. The van der Waals surface area contributed by atoms with Crippen LogP contribution >= 0.6 is 22.9 Å². The van der Waals surface area contributed by atoms with Gasteiger partial charge in [0.1, 0.15) is 29.9 Å². The number of fused-ring (bicyclic) bond motifs is 1. The number of primary amides is 1. The number of aliphatic hydroxyl groups is 1. The highest BCUT2D eigenvalue weighted by atomic mass is 35.5. The fourth-order valence-electron chi connectivity index (χ4n) is 3.37. The number of aromatic nitrogens is 2. The van der Waals surface area contributed by atoms with Crippen molar-refractivity contribution in [3.05, 3.63) is 70.3 Å². The van der Waals surface area contributed by atoms with Gasteiger partial charge in [0.25, 0.3) is 0 Å². The van der Waals surface area contributed by atoms with E-state index >= 15 is 0 Å². The van der Waals surface area contributed by atoms with Crippen molar-refractivity contribution in [1.29, 1.82) is 0 Å². The summed E-state index contributed by atoms with van der Waals surface area (Å²) in [6.07, 6.45) is 3.31. The monoisotopic (exact) mass is 471 g/mol. The van der Waals surface area contributed by atoms with Crippen LogP contribution in [0, 0.1) is 0 Å². The third-order valence-corrected chi connectivity index (χ3v) is 6.33. The minimum absolute atomic E-state index is 0.0663. The molecule has 0 aliphatic heterocycles. The Morgan fingerprint density at radius 2 is 2.12 bits per heavy atom. The molecule has 0 radical (unpaired) electrons. The molecule has 1 atom stereocenters. The van der Waals surface area contributed by atoms with Gasteiger partial charge >= 0.3 is 0 Å². The fourth-order valence-corrected chi connectivity index (χ4v) is 4.77. The highest BCUT2D eigenvalue weighted by molar-refractivity contribution is 7.15. The molecule has 32 heavy (non-hydrogen) atoms. The number of imidazole rings is 1. The molecule has 0 spiro atoms. The lowest BCUT2D eigenvalue weighted by atomic mass is 10.1. The van der Waals surface area contributed by atoms with E-state index in [9.17, 15) is 4.79 Å². The molecule has 0 fully saturated rings. The summed E-state index contributed by atoms with van der Waals surface area (Å²) in [4.78, 5) is 17.7. The summed E-state index contributed by atoms with van der Waals surface area (Å²) in [5.41, 5.74) is 7.90. The molecular weight excluding hydrogens is 450 g/mol. The Labute approximate surface area is 194 Å². The molecule has 0 aliphatic rings. The molecule has 3 heterocycles. The van der Waals surface area contributed by atoms with Crippen LogP contribution in [0.25, 0.3) is 16.2 Å². The van der Waals surface area contributed by atoms with Crippen molar-refractivity contribution in [1.82, 2.24) is 9.38 Å². The zero-order chi connectivity index (χ0) is 22.7. The van der Waals surface area contributed by atoms with Crippen LogP contribution < -0.4 is 15.2 Å². The first-order valence-corrected chi connectivity index (χ1v) is 11.2. The maximum absolute atomic E-state index is 11.7. The van der Waals surface area contributed by atoms with E-state index in [0.29, 0.717) is 16.5 Å². The van der Waals surface area contributed by atoms with Crippen molar-refractivity contribution in [3.63, 3.8) is 0 Å². The molecule has 166 valence electrons. The van der Waals surface area contributed by atoms with Gasteiger partial charge in [-0.05, 0) is 25.1 Å². The highest BCUT2D eigenvalue weighted by Crippen LogP contribution is 2.39. The molecule has 9 heteroatoms. The van der Waals surface area contributed by atoms with Crippen LogP contribution in [0.15, 0.2) is 54.9 Å². The van der Waals surface area contributed by atoms with Gasteiger partial charge in [-0.3, -0.25) is 9.20 Å². The number of amides is 1. The Bertz CT molecular complexity index is 1250. The molecule has 3 N–H and O–H groups in total. The van der Waals surface area contributed by atoms with Crippen molar-refractivity contribution in [2.45, 2.75) is 19.4 Å². The summed E-state index contributed by atoms with van der Waals surface area (Å²) in [5.74, 6) is 0.758. The van der Waals surface area contributed by atoms with E-state index in [2.05, 4.69) is 4.98 Å². The first kappa shape index (κ1) is 22.1. The van der Waals surface area contributed by atoms with Gasteiger partial charge in [0.05, 0.1) is 40.9 Å². The summed E-state index contributed by atoms with van der Waals surface area (Å²) < 4.78 is 13.6. The number of nitrogens with two attached hydrogens (primary N) is 1. The van der Waals surface area contributed by atoms with Crippen LogP contribution in [0.5, 0.6) is 11.5 Å². The van der Waals surface area contributed by atoms with Gasteiger partial charge in [-0.1, -0.05) is 29.8 Å². The molecule has 0 aliphatic carbocycles. The first-order chi connectivity index (χ1) is 15.5. The Hall–Kier alpha value is -3.07. The number of aliphatic hydroxyl groups excluding tert-OH is 1. The Morgan fingerprint density at radius 3 is 2.88 bits per heavy atom. The number of halogens is 1. The van der Waals surface area contributed by atoms with Gasteiger partial charge in [0.15, 0.2) is 0 Å². The zero-order valence-electron chi connectivity index (χ0n) is 17.3. The largest absolute Gasteiger partial charge is 0.490 e. The second kappa shape index (κ2) is 9.60. The average molecular weight is 472 g/mol. The maximum atomic E-state index is 11.7. The number of ether oxygens (including phenoxy) is 2. The van der Waals surface area contributed by atoms with Crippen molar-refractivity contribution in [2.24, 2.45) is 5.73 Å². The number of rotatable bonds is 9. The molecule has 4 rings (SSSR count). The Balaban J connectivity index is 1.70. The zero-order valence-corrected chi connectivity index (χ0v) is 18.9. The van der Waals surface area contributed by atoms with Gasteiger partial charge in [-0.2, -0.15) is 0 Å². The Kier molecular flexibility index (Phi) is 6.64. The summed E-state index contributed by atoms with van der Waals surface area (Å²) >= 11 is 7.75. The normalized spacial score (nSPS) is 12.1. The van der Waals surface area contributed by atoms with Crippen molar-refractivity contribution in [3.8, 4) is 22.1 Å². The molecule has 7 nitrogen and oxygen atoms in total. The smallest absolute Gasteiger partial charge is 0.222 e. The summed E-state index contributed by atoms with van der Waals surface area (Å²) in [7, 11) is 0. The van der Waals surface area contributed by atoms with Crippen LogP contribution in [0.1, 0.15) is 23.5 Å². The first-order valence-electron chi connectivity index (χ1n) is 9.99. The Morgan fingerprint density at radius 1 is 1.31 bits per heavy atom. The standard InChI is InChI=1S/C23H22ClN3O4S/c1-14(16-4-2-3-5-17(16)24)31-19-10-20(32-21(19)11-22(25)29)18-12-26-23-7-6-15(13-27(18)23)30-9-8-28/h2-7,10,12-14,28H,8-9,11H2,1H3,(H2,25,29)/t14-/m1/s1. The quantitative estimate of drug-likeness (QED) is 0.380. The lowest BCUT2D eigenvalue weighted by molar-refractivity contribution is -0.117. The van der Waals surface area contributed by atoms with Crippen LogP contribution in [0.3, 0.4) is 0 Å². The molecule has 4 aromatic rings. The van der Waals surface area contributed by atoms with Crippen molar-refractivity contribution in [2.75, 3.05) is 13.2 Å². The number of hydrogen-bond acceptors (Lipinski definition) is 6. The second-order valence-electron chi connectivity index (χ2n) is 7.13. The number of nitrogens with zero attached hydrogens (tertiary/aromatic N) is 2. The minimum Gasteiger partial charge on any atom is -0.490 e. The molecule has 0 saturated carbocycles. The van der Waals surface area contributed by atoms with Gasteiger partial charge < -0.3 is 20.3 Å². The van der Waals surface area contributed by atoms with E-state index < -0.39 is 5.91 Å². The SMILES string of the molecule is C[C@@H](Oc1cc(-c2cnc3ccc(OCCO)cn23)sc1CC(N)=O)c1ccccc1Cl. The number of thiophene rings is 1. The van der Waals surface area contributed by atoms with Crippen LogP contribution in [0.4, 0.5) is 0 Å². The van der Waals surface area contributed by atoms with E-state index in [0.717, 1.165) is 26.7 Å². The van der Waals surface area contributed by atoms with Gasteiger partial charge in [0, 0.05) is 16.7 Å². The van der Waals surface area contributed by atoms with Gasteiger partial charge in [-0.15, -0.1) is 11.3 Å². The number of pyridine rings is 1. The lowest BCUT2D eigenvalue weighted by Gasteiger charge is -2.16. The number of hydrogen-bond donors (Lipinski definition) is 2. The fraction of sp³-hybridized carbons (Fsp3) is 0.217. The van der Waals surface area contributed by atoms with Crippen LogP contribution in [-0.4, -0.2) is 33.6 Å². The topological polar surface area (TPSA) is 99.1 Å². The van der Waals surface area contributed by atoms with E-state index in [4.69, 9.17) is 31.9 Å². The number of benzene rings is 1. The van der Waals surface area contributed by atoms with Crippen molar-refractivity contribution >= 4 is 34.5 Å². The highest BCUT2D eigenvalue weighted by Gasteiger charge is 2.20. The van der Waals surface area contributed by atoms with E-state index in [-0.39, 0.29) is 25.7 Å². The van der Waals surface area contributed by atoms with Gasteiger partial charge in [0.2, 0.25) is 5.91 Å². The van der Waals surface area contributed by atoms with E-state index in [1.807, 2.05) is 53.9 Å². The minimum atomic E-state index is -0.438. The third kappa shape index (κ3) is 4.72. The maximum Gasteiger partial charge on any atom is 0.222 e. The summed E-state index contributed by atoms with van der Waals surface area (Å²) in [5, 5.41) is 9.62. The molecule has 0 unspecified atom stereocenters. The van der Waals surface area contributed by atoms with Crippen LogP contribution in [0.2, 0.25) is 5.02 Å². The molecule has 3 aromatic heterocycles. The van der Waals surface area contributed by atoms with E-state index in [1.165, 1.54) is 11.3 Å². The lowest BCUT2D eigenvalue weighted by Crippen LogP contribution is -2.13. The molecular formula is C23H22ClN3O4S. The second-order valence-corrected chi connectivity index (χ2v) is 8.68. The summed E-state index contributed by atoms with van der Waals surface area (Å²) in [6.45, 7) is 2.04. The molecule has 0 saturated heterocycles. The predicted molar refractivity (Wildman–Crippen MR) is 124 cm³/mol. The van der Waals surface area contributed by atoms with Crippen molar-refractivity contribution < 1.29 is 19.4 Å². The molecule has 1 amide bonds. The summed E-state index contributed by atoms with van der Waals surface area (Å²) in [6, 6.07) is 13.0. The predicted octanol–water partition coefficient (Wildman–Crippen LogP) is 4.26.